The van der Waals surface area contributed by atoms with Crippen LogP contribution >= 0.6 is 0 Å². The molecule has 0 saturated heterocycles. The van der Waals surface area contributed by atoms with E-state index in [0.29, 0.717) is 11.4 Å². The maximum atomic E-state index is 8.70. The van der Waals surface area contributed by atoms with Crippen molar-refractivity contribution in [3.8, 4) is 67.3 Å². The van der Waals surface area contributed by atoms with Gasteiger partial charge in [-0.3, -0.25) is 0 Å². The summed E-state index contributed by atoms with van der Waals surface area (Å²) in [5.41, 5.74) is 12.1. The molecule has 0 N–H and O–H groups in total. The molecule has 0 atom stereocenters. The second-order valence-electron chi connectivity index (χ2n) is 13.1. The van der Waals surface area contributed by atoms with Gasteiger partial charge in [-0.05, 0) is 73.5 Å². The first-order valence-electron chi connectivity index (χ1n) is 19.0. The second kappa shape index (κ2) is 11.5. The summed E-state index contributed by atoms with van der Waals surface area (Å²) in [6.07, 6.45) is 0. The average molecular weight is 632 g/mol. The molecular formula is C47H34N2. The van der Waals surface area contributed by atoms with E-state index in [1.165, 1.54) is 33.0 Å². The third kappa shape index (κ3) is 5.05. The van der Waals surface area contributed by atoms with Crippen molar-refractivity contribution in [3.63, 3.8) is 0 Å². The molecule has 232 valence electrons. The normalized spacial score (nSPS) is 14.3. The number of nitrogens with zero attached hydrogens (tertiary/aromatic N) is 2. The standard InChI is InChI=1S/C47H34N2/c1-47(2)41-19-11-18-39(45(41)40-28-37-16-9-10-17-38(37)29-42(40)47)33-22-26-35(27-23-33)44-30-43(48-46(49-44)36-14-7-4-8-15-36)34-24-20-32(21-25-34)31-12-5-3-6-13-31/h3-30H,1-2H3/i4D,7D,8D,14D,15D. The maximum Gasteiger partial charge on any atom is 0.160 e. The third-order valence-corrected chi connectivity index (χ3v) is 9.80. The molecule has 8 aromatic rings. The lowest BCUT2D eigenvalue weighted by molar-refractivity contribution is 0.661. The number of hydrogen-bond donors (Lipinski definition) is 0. The summed E-state index contributed by atoms with van der Waals surface area (Å²) in [5.74, 6) is 0.0719. The van der Waals surface area contributed by atoms with Gasteiger partial charge in [-0.25, -0.2) is 9.97 Å². The van der Waals surface area contributed by atoms with E-state index in [4.69, 9.17) is 16.8 Å². The molecule has 7 aromatic carbocycles. The fourth-order valence-electron chi connectivity index (χ4n) is 7.21. The summed E-state index contributed by atoms with van der Waals surface area (Å²) in [4.78, 5) is 9.67. The van der Waals surface area contributed by atoms with Crippen LogP contribution in [0.2, 0.25) is 0 Å². The summed E-state index contributed by atoms with van der Waals surface area (Å²) < 4.78 is 42.2. The van der Waals surface area contributed by atoms with Gasteiger partial charge < -0.3 is 0 Å². The highest BCUT2D eigenvalue weighted by atomic mass is 14.9. The minimum atomic E-state index is -0.455. The fraction of sp³-hybridized carbons (Fsp3) is 0.0638. The van der Waals surface area contributed by atoms with Crippen molar-refractivity contribution in [2.45, 2.75) is 19.3 Å². The van der Waals surface area contributed by atoms with Crippen LogP contribution in [0.3, 0.4) is 0 Å². The quantitative estimate of drug-likeness (QED) is 0.189. The largest absolute Gasteiger partial charge is 0.228 e. The van der Waals surface area contributed by atoms with Gasteiger partial charge in [-0.15, -0.1) is 0 Å². The highest BCUT2D eigenvalue weighted by Gasteiger charge is 2.37. The molecular weight excluding hydrogens is 593 g/mol. The summed E-state index contributed by atoms with van der Waals surface area (Å²) in [7, 11) is 0. The van der Waals surface area contributed by atoms with Gasteiger partial charge in [0.25, 0.3) is 0 Å². The third-order valence-electron chi connectivity index (χ3n) is 9.80. The Balaban J connectivity index is 1.17. The molecule has 0 unspecified atom stereocenters. The first kappa shape index (κ1) is 24.1. The van der Waals surface area contributed by atoms with Crippen molar-refractivity contribution < 1.29 is 6.85 Å². The predicted octanol–water partition coefficient (Wildman–Crippen LogP) is 12.3. The van der Waals surface area contributed by atoms with Crippen LogP contribution in [0.25, 0.3) is 78.1 Å². The van der Waals surface area contributed by atoms with Crippen molar-refractivity contribution in [1.29, 1.82) is 0 Å². The molecule has 1 heterocycles. The highest BCUT2D eigenvalue weighted by molar-refractivity contribution is 5.98. The number of benzene rings is 7. The Morgan fingerprint density at radius 3 is 1.69 bits per heavy atom. The Morgan fingerprint density at radius 2 is 1.02 bits per heavy atom. The van der Waals surface area contributed by atoms with Gasteiger partial charge in [0.2, 0.25) is 0 Å². The van der Waals surface area contributed by atoms with Crippen LogP contribution in [0.5, 0.6) is 0 Å². The number of rotatable bonds is 5. The van der Waals surface area contributed by atoms with Crippen LogP contribution in [0, 0.1) is 0 Å². The monoisotopic (exact) mass is 631 g/mol. The van der Waals surface area contributed by atoms with Gasteiger partial charge in [-0.1, -0.05) is 165 Å². The lowest BCUT2D eigenvalue weighted by Gasteiger charge is -2.22. The predicted molar refractivity (Wildman–Crippen MR) is 204 cm³/mol. The van der Waals surface area contributed by atoms with E-state index in [1.54, 1.807) is 0 Å². The molecule has 0 fully saturated rings. The summed E-state index contributed by atoms with van der Waals surface area (Å²) in [5, 5.41) is 2.46. The van der Waals surface area contributed by atoms with Crippen molar-refractivity contribution in [2.75, 3.05) is 0 Å². The van der Waals surface area contributed by atoms with Gasteiger partial charge in [0.05, 0.1) is 18.2 Å². The van der Waals surface area contributed by atoms with E-state index in [0.717, 1.165) is 33.4 Å². The first-order valence-corrected chi connectivity index (χ1v) is 16.5. The van der Waals surface area contributed by atoms with Crippen molar-refractivity contribution >= 4 is 10.8 Å². The van der Waals surface area contributed by atoms with Crippen molar-refractivity contribution in [2.24, 2.45) is 0 Å². The summed E-state index contributed by atoms with van der Waals surface area (Å²) >= 11 is 0. The van der Waals surface area contributed by atoms with Crippen molar-refractivity contribution in [1.82, 2.24) is 9.97 Å². The highest BCUT2D eigenvalue weighted by Crippen LogP contribution is 2.53. The van der Waals surface area contributed by atoms with Gasteiger partial charge >= 0.3 is 0 Å². The maximum absolute atomic E-state index is 8.70. The van der Waals surface area contributed by atoms with E-state index in [-0.39, 0.29) is 28.9 Å². The molecule has 0 amide bonds. The van der Waals surface area contributed by atoms with E-state index in [9.17, 15) is 0 Å². The number of hydrogen-bond acceptors (Lipinski definition) is 2. The summed E-state index contributed by atoms with van der Waals surface area (Å²) in [6, 6.07) is 46.1. The lowest BCUT2D eigenvalue weighted by atomic mass is 9.81. The molecule has 0 saturated carbocycles. The molecule has 0 spiro atoms. The fourth-order valence-corrected chi connectivity index (χ4v) is 7.21. The van der Waals surface area contributed by atoms with Gasteiger partial charge in [-0.2, -0.15) is 0 Å². The molecule has 0 radical (unpaired) electrons. The van der Waals surface area contributed by atoms with Crippen molar-refractivity contribution in [3.05, 3.63) is 181 Å². The Bertz CT molecular complexity index is 2750. The van der Waals surface area contributed by atoms with E-state index < -0.39 is 18.1 Å². The zero-order valence-electron chi connectivity index (χ0n) is 32.2. The summed E-state index contributed by atoms with van der Waals surface area (Å²) in [6.45, 7) is 4.60. The van der Waals surface area contributed by atoms with E-state index in [2.05, 4.69) is 92.7 Å². The Morgan fingerprint density at radius 1 is 0.449 bits per heavy atom. The molecule has 2 heteroatoms. The van der Waals surface area contributed by atoms with E-state index in [1.807, 2.05) is 60.7 Å². The topological polar surface area (TPSA) is 25.8 Å². The smallest absolute Gasteiger partial charge is 0.160 e. The van der Waals surface area contributed by atoms with Gasteiger partial charge in [0.15, 0.2) is 5.82 Å². The molecule has 0 bridgehead atoms. The Hall–Kier alpha value is -6.12. The molecule has 2 nitrogen and oxygen atoms in total. The molecule has 9 rings (SSSR count). The SMILES string of the molecule is [2H]c1c([2H])c([2H])c(-c2nc(-c3ccc(-c4ccccc4)cc3)cc(-c3ccc(-c4cccc5c4-c4cc6ccccc6cc4C5(C)C)cc3)n2)c([2H])c1[2H]. The second-order valence-corrected chi connectivity index (χ2v) is 13.1. The van der Waals surface area contributed by atoms with Crippen LogP contribution in [0.4, 0.5) is 0 Å². The van der Waals surface area contributed by atoms with E-state index >= 15 is 0 Å². The zero-order valence-corrected chi connectivity index (χ0v) is 27.2. The average Bonchev–Trinajstić information content (AvgIpc) is 3.44. The minimum Gasteiger partial charge on any atom is -0.228 e. The minimum absolute atomic E-state index is 0.0321. The van der Waals surface area contributed by atoms with Crippen LogP contribution in [0.15, 0.2) is 170 Å². The molecule has 0 aliphatic heterocycles. The molecule has 1 aliphatic carbocycles. The first-order chi connectivity index (χ1) is 26.1. The Kier molecular flexibility index (Phi) is 5.67. The lowest BCUT2D eigenvalue weighted by Crippen LogP contribution is -2.14. The van der Waals surface area contributed by atoms with Gasteiger partial charge in [0, 0.05) is 22.1 Å². The van der Waals surface area contributed by atoms with Crippen LogP contribution in [-0.4, -0.2) is 9.97 Å². The van der Waals surface area contributed by atoms with Crippen LogP contribution < -0.4 is 0 Å². The van der Waals surface area contributed by atoms with Crippen LogP contribution in [-0.2, 0) is 5.41 Å². The van der Waals surface area contributed by atoms with Gasteiger partial charge in [0.1, 0.15) is 0 Å². The number of aromatic nitrogens is 2. The number of fused-ring (bicyclic) bond motifs is 4. The Labute approximate surface area is 294 Å². The molecule has 1 aliphatic rings. The molecule has 1 aromatic heterocycles. The zero-order chi connectivity index (χ0) is 37.3. The molecule has 49 heavy (non-hydrogen) atoms. The van der Waals surface area contributed by atoms with Crippen LogP contribution in [0.1, 0.15) is 31.8 Å².